The molecule has 0 bridgehead atoms. The topological polar surface area (TPSA) is 55.0 Å². The van der Waals surface area contributed by atoms with Crippen molar-refractivity contribution in [3.63, 3.8) is 0 Å². The third kappa shape index (κ3) is 1.63. The first-order valence-corrected chi connectivity index (χ1v) is 6.03. The molecule has 2 aromatic rings. The van der Waals surface area contributed by atoms with Crippen LogP contribution in [0.25, 0.3) is 0 Å². The van der Waals surface area contributed by atoms with Crippen molar-refractivity contribution in [2.45, 2.75) is 13.0 Å². The average Bonchev–Trinajstić information content (AvgIpc) is 2.69. The summed E-state index contributed by atoms with van der Waals surface area (Å²) in [6.07, 6.45) is 4.66. The summed E-state index contributed by atoms with van der Waals surface area (Å²) in [5.41, 5.74) is 8.05. The van der Waals surface area contributed by atoms with E-state index in [9.17, 15) is 0 Å². The van der Waals surface area contributed by atoms with Gasteiger partial charge in [-0.05, 0) is 12.1 Å². The Kier molecular flexibility index (Phi) is 2.25. The Morgan fingerprint density at radius 2 is 2.38 bits per heavy atom. The van der Waals surface area contributed by atoms with E-state index in [0.717, 1.165) is 19.5 Å². The number of pyridine rings is 1. The van der Waals surface area contributed by atoms with Crippen LogP contribution in [0, 0.1) is 0 Å². The zero-order valence-corrected chi connectivity index (χ0v) is 9.57. The molecule has 1 aliphatic rings. The van der Waals surface area contributed by atoms with Crippen LogP contribution in [-0.2, 0) is 13.0 Å². The van der Waals surface area contributed by atoms with Crippen molar-refractivity contribution in [1.82, 2.24) is 9.97 Å². The lowest BCUT2D eigenvalue weighted by Gasteiger charge is -2.27. The van der Waals surface area contributed by atoms with E-state index in [0.29, 0.717) is 5.13 Å². The lowest BCUT2D eigenvalue weighted by Crippen LogP contribution is -2.29. The van der Waals surface area contributed by atoms with Crippen molar-refractivity contribution in [1.29, 1.82) is 0 Å². The molecule has 0 unspecified atom stereocenters. The van der Waals surface area contributed by atoms with Gasteiger partial charge in [0.05, 0.1) is 24.1 Å². The molecule has 3 heterocycles. The number of anilines is 2. The highest BCUT2D eigenvalue weighted by Crippen LogP contribution is 2.28. The van der Waals surface area contributed by atoms with E-state index in [-0.39, 0.29) is 0 Å². The molecule has 82 valence electrons. The predicted molar refractivity (Wildman–Crippen MR) is 65.5 cm³/mol. The molecule has 0 aliphatic carbocycles. The SMILES string of the molecule is Nc1nc2c(s1)CN(c1cccnc1)CC2. The maximum absolute atomic E-state index is 5.72. The summed E-state index contributed by atoms with van der Waals surface area (Å²) in [6.45, 7) is 1.89. The standard InChI is InChI=1S/C11H12N4S/c12-11-14-9-3-5-15(7-10(9)16-11)8-2-1-4-13-6-8/h1-2,4,6H,3,5,7H2,(H2,12,14). The van der Waals surface area contributed by atoms with Crippen LogP contribution in [0.3, 0.4) is 0 Å². The second-order valence-corrected chi connectivity index (χ2v) is 4.92. The Labute approximate surface area is 97.8 Å². The Balaban J connectivity index is 1.88. The molecule has 2 N–H and O–H groups in total. The van der Waals surface area contributed by atoms with Gasteiger partial charge < -0.3 is 10.6 Å². The van der Waals surface area contributed by atoms with Crippen molar-refractivity contribution in [3.8, 4) is 0 Å². The molecule has 0 atom stereocenters. The summed E-state index contributed by atoms with van der Waals surface area (Å²) >= 11 is 1.59. The van der Waals surface area contributed by atoms with Crippen molar-refractivity contribution >= 4 is 22.2 Å². The van der Waals surface area contributed by atoms with Crippen LogP contribution in [0.15, 0.2) is 24.5 Å². The van der Waals surface area contributed by atoms with Crippen LogP contribution >= 0.6 is 11.3 Å². The molecule has 16 heavy (non-hydrogen) atoms. The van der Waals surface area contributed by atoms with Crippen LogP contribution in [0.4, 0.5) is 10.8 Å². The fourth-order valence-corrected chi connectivity index (χ4v) is 2.87. The van der Waals surface area contributed by atoms with Gasteiger partial charge in [0.2, 0.25) is 0 Å². The van der Waals surface area contributed by atoms with E-state index in [4.69, 9.17) is 5.73 Å². The summed E-state index contributed by atoms with van der Waals surface area (Å²) in [7, 11) is 0. The van der Waals surface area contributed by atoms with Crippen LogP contribution in [0.1, 0.15) is 10.6 Å². The Morgan fingerprint density at radius 3 is 3.19 bits per heavy atom. The molecule has 0 spiro atoms. The first-order valence-electron chi connectivity index (χ1n) is 5.22. The zero-order valence-electron chi connectivity index (χ0n) is 8.76. The van der Waals surface area contributed by atoms with Crippen LogP contribution < -0.4 is 10.6 Å². The maximum Gasteiger partial charge on any atom is 0.180 e. The maximum atomic E-state index is 5.72. The molecule has 2 aromatic heterocycles. The minimum absolute atomic E-state index is 0.679. The molecule has 3 rings (SSSR count). The van der Waals surface area contributed by atoms with Gasteiger partial charge >= 0.3 is 0 Å². The summed E-state index contributed by atoms with van der Waals surface area (Å²) < 4.78 is 0. The van der Waals surface area contributed by atoms with Crippen LogP contribution in [0.2, 0.25) is 0 Å². The third-order valence-electron chi connectivity index (χ3n) is 2.76. The van der Waals surface area contributed by atoms with Crippen molar-refractivity contribution in [2.24, 2.45) is 0 Å². The van der Waals surface area contributed by atoms with Crippen molar-refractivity contribution in [3.05, 3.63) is 35.1 Å². The fraction of sp³-hybridized carbons (Fsp3) is 0.273. The molecule has 0 aromatic carbocycles. The Hall–Kier alpha value is -1.62. The van der Waals surface area contributed by atoms with Gasteiger partial charge in [-0.15, -0.1) is 11.3 Å². The summed E-state index contributed by atoms with van der Waals surface area (Å²) in [4.78, 5) is 12.1. The quantitative estimate of drug-likeness (QED) is 0.812. The fourth-order valence-electron chi connectivity index (χ4n) is 1.98. The number of nitrogen functional groups attached to an aromatic ring is 1. The molecular weight excluding hydrogens is 220 g/mol. The second kappa shape index (κ2) is 3.75. The third-order valence-corrected chi connectivity index (χ3v) is 3.67. The summed E-state index contributed by atoms with van der Waals surface area (Å²) in [6, 6.07) is 4.05. The van der Waals surface area contributed by atoms with E-state index in [2.05, 4.69) is 20.9 Å². The molecule has 1 aliphatic heterocycles. The van der Waals surface area contributed by atoms with E-state index < -0.39 is 0 Å². The highest BCUT2D eigenvalue weighted by atomic mass is 32.1. The highest BCUT2D eigenvalue weighted by Gasteiger charge is 2.20. The number of hydrogen-bond acceptors (Lipinski definition) is 5. The number of fused-ring (bicyclic) bond motifs is 1. The zero-order chi connectivity index (χ0) is 11.0. The minimum Gasteiger partial charge on any atom is -0.375 e. The van der Waals surface area contributed by atoms with Gasteiger partial charge in [0.25, 0.3) is 0 Å². The summed E-state index contributed by atoms with van der Waals surface area (Å²) in [5, 5.41) is 0.679. The molecule has 0 fully saturated rings. The first kappa shape index (κ1) is 9.59. The van der Waals surface area contributed by atoms with Crippen LogP contribution in [0.5, 0.6) is 0 Å². The molecule has 0 saturated heterocycles. The largest absolute Gasteiger partial charge is 0.375 e. The van der Waals surface area contributed by atoms with Crippen molar-refractivity contribution < 1.29 is 0 Å². The highest BCUT2D eigenvalue weighted by molar-refractivity contribution is 7.15. The Morgan fingerprint density at radius 1 is 1.44 bits per heavy atom. The van der Waals surface area contributed by atoms with Gasteiger partial charge in [-0.1, -0.05) is 0 Å². The number of thiazole rings is 1. The van der Waals surface area contributed by atoms with Gasteiger partial charge in [0.1, 0.15) is 0 Å². The lowest BCUT2D eigenvalue weighted by molar-refractivity contribution is 0.728. The second-order valence-electron chi connectivity index (χ2n) is 3.80. The number of nitrogens with zero attached hydrogens (tertiary/aromatic N) is 3. The van der Waals surface area contributed by atoms with E-state index in [1.54, 1.807) is 17.5 Å². The monoisotopic (exact) mass is 232 g/mol. The van der Waals surface area contributed by atoms with E-state index in [1.807, 2.05) is 12.3 Å². The molecular formula is C11H12N4S. The smallest absolute Gasteiger partial charge is 0.180 e. The van der Waals surface area contributed by atoms with E-state index >= 15 is 0 Å². The minimum atomic E-state index is 0.679. The van der Waals surface area contributed by atoms with Gasteiger partial charge in [0.15, 0.2) is 5.13 Å². The number of hydrogen-bond donors (Lipinski definition) is 1. The van der Waals surface area contributed by atoms with Gasteiger partial charge in [0, 0.05) is 24.0 Å². The number of aromatic nitrogens is 2. The molecule has 4 nitrogen and oxygen atoms in total. The lowest BCUT2D eigenvalue weighted by atomic mass is 10.1. The van der Waals surface area contributed by atoms with Gasteiger partial charge in [-0.3, -0.25) is 4.98 Å². The molecule has 0 saturated carbocycles. The van der Waals surface area contributed by atoms with Crippen molar-refractivity contribution in [2.75, 3.05) is 17.2 Å². The first-order chi connectivity index (χ1) is 7.83. The van der Waals surface area contributed by atoms with Gasteiger partial charge in [-0.2, -0.15) is 0 Å². The van der Waals surface area contributed by atoms with E-state index in [1.165, 1.54) is 16.3 Å². The average molecular weight is 232 g/mol. The molecule has 0 radical (unpaired) electrons. The Bertz CT molecular complexity index is 494. The predicted octanol–water partition coefficient (Wildman–Crippen LogP) is 1.68. The number of nitrogens with two attached hydrogens (primary N) is 1. The number of rotatable bonds is 1. The molecule has 0 amide bonds. The normalized spacial score (nSPS) is 14.9. The van der Waals surface area contributed by atoms with Crippen LogP contribution in [-0.4, -0.2) is 16.5 Å². The molecule has 5 heteroatoms. The summed E-state index contributed by atoms with van der Waals surface area (Å²) in [5.74, 6) is 0. The van der Waals surface area contributed by atoms with Gasteiger partial charge in [-0.25, -0.2) is 4.98 Å².